The molecule has 0 aliphatic carbocycles. The summed E-state index contributed by atoms with van der Waals surface area (Å²) < 4.78 is 13.8. The van der Waals surface area contributed by atoms with E-state index in [0.29, 0.717) is 11.3 Å². The minimum atomic E-state index is -2.04. The van der Waals surface area contributed by atoms with Crippen LogP contribution >= 0.6 is 15.9 Å². The Labute approximate surface area is 183 Å². The molecule has 0 aliphatic rings. The number of carboxylic acid groups (broad SMARTS) is 1. The van der Waals surface area contributed by atoms with Gasteiger partial charge < -0.3 is 14.3 Å². The minimum Gasteiger partial charge on any atom is -0.543 e. The van der Waals surface area contributed by atoms with Crippen molar-refractivity contribution in [3.05, 3.63) is 39.9 Å². The van der Waals surface area contributed by atoms with Crippen LogP contribution in [0.5, 0.6) is 5.75 Å². The van der Waals surface area contributed by atoms with Gasteiger partial charge in [0.2, 0.25) is 0 Å². The second kappa shape index (κ2) is 9.19. The molecule has 0 radical (unpaired) electrons. The number of rotatable bonds is 8. The molecule has 0 fully saturated rings. The lowest BCUT2D eigenvalue weighted by Gasteiger charge is -2.34. The Morgan fingerprint density at radius 3 is 2.21 bits per heavy atom. The van der Waals surface area contributed by atoms with Gasteiger partial charge in [-0.25, -0.2) is 4.79 Å². The van der Waals surface area contributed by atoms with Gasteiger partial charge in [-0.1, -0.05) is 42.8 Å². The van der Waals surface area contributed by atoms with Crippen LogP contribution in [0.3, 0.4) is 0 Å². The topological polar surface area (TPSA) is 55.8 Å². The molecule has 0 aromatic heterocycles. The first-order chi connectivity index (χ1) is 13.5. The lowest BCUT2D eigenvalue weighted by molar-refractivity contribution is -0.160. The Morgan fingerprint density at radius 1 is 1.14 bits per heavy atom. The number of fused-ring (bicyclic) bond motifs is 1. The maximum atomic E-state index is 12.3. The van der Waals surface area contributed by atoms with Crippen LogP contribution in [0.15, 0.2) is 28.7 Å². The number of carbonyl (C=O) groups is 1. The zero-order valence-corrected chi connectivity index (χ0v) is 21.1. The van der Waals surface area contributed by atoms with Crippen LogP contribution in [0.4, 0.5) is 0 Å². The standard InChI is InChI=1S/C23H33BrO4Si/c1-8-29(9-2,10-3)28-20-18-12-11-17(24)14-16(18)13-15(4)19(20)21(22(25)26)27-23(5,6)7/h11-14,21H,8-10H2,1-7H3,(H,25,26). The van der Waals surface area contributed by atoms with Gasteiger partial charge >= 0.3 is 5.97 Å². The monoisotopic (exact) mass is 480 g/mol. The number of carboxylic acids is 1. The van der Waals surface area contributed by atoms with Crippen molar-refractivity contribution in [2.45, 2.75) is 78.3 Å². The minimum absolute atomic E-state index is 0.601. The highest BCUT2D eigenvalue weighted by molar-refractivity contribution is 9.10. The van der Waals surface area contributed by atoms with Crippen LogP contribution in [0.2, 0.25) is 18.1 Å². The summed E-state index contributed by atoms with van der Waals surface area (Å²) in [4.78, 5) is 12.3. The first kappa shape index (κ1) is 23.9. The average Bonchev–Trinajstić information content (AvgIpc) is 2.63. The molecule has 0 bridgehead atoms. The first-order valence-corrected chi connectivity index (χ1v) is 13.6. The number of benzene rings is 2. The van der Waals surface area contributed by atoms with Crippen LogP contribution in [0.1, 0.15) is 58.8 Å². The van der Waals surface area contributed by atoms with Gasteiger partial charge in [-0.3, -0.25) is 0 Å². The van der Waals surface area contributed by atoms with Crippen molar-refractivity contribution in [1.29, 1.82) is 0 Å². The number of hydrogen-bond acceptors (Lipinski definition) is 3. The van der Waals surface area contributed by atoms with Crippen LogP contribution in [0, 0.1) is 6.92 Å². The van der Waals surface area contributed by atoms with Gasteiger partial charge in [-0.05, 0) is 75.0 Å². The Balaban J connectivity index is 2.84. The molecule has 0 heterocycles. The molecular formula is C23H33BrO4Si. The Kier molecular flexibility index (Phi) is 7.57. The molecule has 2 aromatic rings. The predicted octanol–water partition coefficient (Wildman–Crippen LogP) is 7.24. The van der Waals surface area contributed by atoms with Gasteiger partial charge in [0.15, 0.2) is 6.10 Å². The Bertz CT molecular complexity index is 876. The van der Waals surface area contributed by atoms with Crippen molar-refractivity contribution < 1.29 is 19.1 Å². The molecule has 1 atom stereocenters. The Hall–Kier alpha value is -1.37. The summed E-state index contributed by atoms with van der Waals surface area (Å²) in [5.41, 5.74) is 0.902. The maximum Gasteiger partial charge on any atom is 0.337 e. The van der Waals surface area contributed by atoms with Gasteiger partial charge in [0.1, 0.15) is 5.75 Å². The van der Waals surface area contributed by atoms with E-state index in [-0.39, 0.29) is 0 Å². The molecule has 4 nitrogen and oxygen atoms in total. The second-order valence-electron chi connectivity index (χ2n) is 8.60. The van der Waals surface area contributed by atoms with E-state index < -0.39 is 26.0 Å². The van der Waals surface area contributed by atoms with Crippen LogP contribution < -0.4 is 4.43 Å². The number of aryl methyl sites for hydroxylation is 1. The highest BCUT2D eigenvalue weighted by Gasteiger charge is 2.36. The summed E-state index contributed by atoms with van der Waals surface area (Å²) in [5.74, 6) is -0.317. The molecule has 0 spiro atoms. The second-order valence-corrected chi connectivity index (χ2v) is 14.2. The van der Waals surface area contributed by atoms with Crippen LogP contribution in [0.25, 0.3) is 10.8 Å². The summed E-state index contributed by atoms with van der Waals surface area (Å²) in [6.45, 7) is 14.1. The molecule has 1 unspecified atom stereocenters. The smallest absolute Gasteiger partial charge is 0.337 e. The fourth-order valence-corrected chi connectivity index (χ4v) is 6.66. The first-order valence-electron chi connectivity index (χ1n) is 10.3. The van der Waals surface area contributed by atoms with Crippen LogP contribution in [-0.2, 0) is 9.53 Å². The lowest BCUT2D eigenvalue weighted by Crippen LogP contribution is -2.40. The SMILES string of the molecule is CC[Si](CC)(CC)Oc1c(C(OC(C)(C)C)C(=O)O)c(C)cc2cc(Br)ccc12. The summed E-state index contributed by atoms with van der Waals surface area (Å²) in [5, 5.41) is 12.0. The van der Waals surface area contributed by atoms with Crippen molar-refractivity contribution >= 4 is 41.0 Å². The van der Waals surface area contributed by atoms with E-state index in [2.05, 4.69) is 36.7 Å². The normalized spacial score (nSPS) is 13.5. The number of halogens is 1. The molecular weight excluding hydrogens is 448 g/mol. The number of hydrogen-bond donors (Lipinski definition) is 1. The Morgan fingerprint density at radius 2 is 1.72 bits per heavy atom. The summed E-state index contributed by atoms with van der Waals surface area (Å²) in [6, 6.07) is 11.0. The molecule has 0 amide bonds. The zero-order chi connectivity index (χ0) is 22.0. The highest BCUT2D eigenvalue weighted by Crippen LogP contribution is 2.42. The molecule has 0 saturated carbocycles. The molecule has 29 heavy (non-hydrogen) atoms. The third kappa shape index (κ3) is 5.41. The van der Waals surface area contributed by atoms with Gasteiger partial charge in [-0.2, -0.15) is 0 Å². The fraction of sp³-hybridized carbons (Fsp3) is 0.522. The average molecular weight is 482 g/mol. The quantitative estimate of drug-likeness (QED) is 0.404. The fourth-order valence-electron chi connectivity index (χ4n) is 3.70. The molecule has 2 aromatic carbocycles. The number of aliphatic carboxylic acids is 1. The van der Waals surface area contributed by atoms with Crippen molar-refractivity contribution in [3.63, 3.8) is 0 Å². The molecule has 0 aliphatic heterocycles. The van der Waals surface area contributed by atoms with Gasteiger partial charge in [0.25, 0.3) is 8.32 Å². The maximum absolute atomic E-state index is 12.3. The highest BCUT2D eigenvalue weighted by atomic mass is 79.9. The van der Waals surface area contributed by atoms with E-state index in [0.717, 1.165) is 38.9 Å². The number of ether oxygens (including phenoxy) is 1. The third-order valence-corrected chi connectivity index (χ3v) is 10.5. The van der Waals surface area contributed by atoms with Crippen molar-refractivity contribution in [2.75, 3.05) is 0 Å². The van der Waals surface area contributed by atoms with Crippen molar-refractivity contribution in [3.8, 4) is 5.75 Å². The summed E-state index contributed by atoms with van der Waals surface area (Å²) >= 11 is 3.54. The molecule has 2 rings (SSSR count). The lowest BCUT2D eigenvalue weighted by atomic mass is 9.96. The van der Waals surface area contributed by atoms with Gasteiger partial charge in [0.05, 0.1) is 5.60 Å². The van der Waals surface area contributed by atoms with Crippen molar-refractivity contribution in [2.24, 2.45) is 0 Å². The van der Waals surface area contributed by atoms with E-state index in [4.69, 9.17) is 9.16 Å². The molecule has 6 heteroatoms. The van der Waals surface area contributed by atoms with E-state index in [1.54, 1.807) is 0 Å². The van der Waals surface area contributed by atoms with E-state index >= 15 is 0 Å². The molecule has 160 valence electrons. The third-order valence-electron chi connectivity index (χ3n) is 5.51. The van der Waals surface area contributed by atoms with E-state index in [1.807, 2.05) is 52.0 Å². The largest absolute Gasteiger partial charge is 0.543 e. The summed E-state index contributed by atoms with van der Waals surface area (Å²) in [7, 11) is -2.04. The zero-order valence-electron chi connectivity index (χ0n) is 18.6. The van der Waals surface area contributed by atoms with Crippen molar-refractivity contribution in [1.82, 2.24) is 0 Å². The predicted molar refractivity (Wildman–Crippen MR) is 125 cm³/mol. The van der Waals surface area contributed by atoms with Crippen LogP contribution in [-0.4, -0.2) is 25.0 Å². The molecule has 0 saturated heterocycles. The van der Waals surface area contributed by atoms with Gasteiger partial charge in [0, 0.05) is 15.4 Å². The van der Waals surface area contributed by atoms with E-state index in [9.17, 15) is 9.90 Å². The summed E-state index contributed by atoms with van der Waals surface area (Å²) in [6.07, 6.45) is -1.09. The van der Waals surface area contributed by atoms with E-state index in [1.165, 1.54) is 0 Å². The van der Waals surface area contributed by atoms with Gasteiger partial charge in [-0.15, -0.1) is 0 Å². The molecule has 1 N–H and O–H groups in total.